The van der Waals surface area contributed by atoms with E-state index < -0.39 is 0 Å². The van der Waals surface area contributed by atoms with Crippen LogP contribution in [0.5, 0.6) is 0 Å². The Hall–Kier alpha value is -2.62. The molecule has 4 nitrogen and oxygen atoms in total. The van der Waals surface area contributed by atoms with Crippen LogP contribution in [-0.4, -0.2) is 15.0 Å². The van der Waals surface area contributed by atoms with Gasteiger partial charge < -0.3 is 5.73 Å². The molecule has 0 saturated heterocycles. The van der Waals surface area contributed by atoms with Crippen LogP contribution >= 0.6 is 0 Å². The Balaban J connectivity index is 2.10. The molecule has 0 aliphatic heterocycles. The molecule has 0 bridgehead atoms. The lowest BCUT2D eigenvalue weighted by Gasteiger charge is -2.07. The van der Waals surface area contributed by atoms with E-state index in [0.717, 1.165) is 16.9 Å². The van der Waals surface area contributed by atoms with Crippen LogP contribution in [0.15, 0.2) is 36.4 Å². The predicted molar refractivity (Wildman–Crippen MR) is 90.2 cm³/mol. The van der Waals surface area contributed by atoms with E-state index in [1.165, 1.54) is 22.3 Å². The number of nitrogens with two attached hydrogens (primary N) is 1. The molecule has 0 fully saturated rings. The molecule has 0 atom stereocenters. The van der Waals surface area contributed by atoms with Crippen molar-refractivity contribution in [3.05, 3.63) is 58.7 Å². The molecule has 0 radical (unpaired) electrons. The average Bonchev–Trinajstić information content (AvgIpc) is 2.83. The number of nitrogen functional groups attached to an aromatic ring is 1. The maximum Gasteiger partial charge on any atom is 0.155 e. The third-order valence-electron chi connectivity index (χ3n) is 3.94. The minimum atomic E-state index is 0.563. The van der Waals surface area contributed by atoms with Gasteiger partial charge in [-0.05, 0) is 68.1 Å². The highest BCUT2D eigenvalue weighted by molar-refractivity contribution is 5.71. The van der Waals surface area contributed by atoms with E-state index in [-0.39, 0.29) is 0 Å². The Morgan fingerprint density at radius 1 is 0.864 bits per heavy atom. The van der Waals surface area contributed by atoms with Gasteiger partial charge in [0.1, 0.15) is 5.69 Å². The number of hydrogen-bond donors (Lipinski definition) is 1. The lowest BCUT2D eigenvalue weighted by Crippen LogP contribution is -2.03. The van der Waals surface area contributed by atoms with E-state index >= 15 is 0 Å². The number of aromatic nitrogens is 3. The molecular weight excluding hydrogens is 272 g/mol. The Bertz CT molecular complexity index is 826. The highest BCUT2D eigenvalue weighted by atomic mass is 15.5. The third-order valence-corrected chi connectivity index (χ3v) is 3.94. The number of aryl methyl sites for hydroxylation is 4. The molecule has 0 spiro atoms. The summed E-state index contributed by atoms with van der Waals surface area (Å²) in [6, 6.07) is 12.5. The smallest absolute Gasteiger partial charge is 0.155 e. The van der Waals surface area contributed by atoms with Crippen LogP contribution in [0.25, 0.3) is 16.9 Å². The molecule has 0 unspecified atom stereocenters. The largest absolute Gasteiger partial charge is 0.382 e. The summed E-state index contributed by atoms with van der Waals surface area (Å²) in [6.45, 7) is 8.31. The molecule has 2 N–H and O–H groups in total. The van der Waals surface area contributed by atoms with Crippen molar-refractivity contribution in [2.24, 2.45) is 0 Å². The van der Waals surface area contributed by atoms with Gasteiger partial charge in [-0.25, -0.2) is 0 Å². The summed E-state index contributed by atoms with van der Waals surface area (Å²) in [7, 11) is 0. The highest BCUT2D eigenvalue weighted by Crippen LogP contribution is 2.27. The Morgan fingerprint density at radius 3 is 2.18 bits per heavy atom. The monoisotopic (exact) mass is 292 g/mol. The second kappa shape index (κ2) is 5.30. The molecule has 112 valence electrons. The maximum atomic E-state index is 6.29. The van der Waals surface area contributed by atoms with Gasteiger partial charge in [0, 0.05) is 5.56 Å². The zero-order chi connectivity index (χ0) is 15.9. The van der Waals surface area contributed by atoms with Crippen LogP contribution < -0.4 is 5.73 Å². The van der Waals surface area contributed by atoms with Gasteiger partial charge in [-0.3, -0.25) is 0 Å². The predicted octanol–water partition coefficient (Wildman–Crippen LogP) is 3.75. The van der Waals surface area contributed by atoms with Gasteiger partial charge in [0.25, 0.3) is 0 Å². The van der Waals surface area contributed by atoms with Crippen molar-refractivity contribution in [1.29, 1.82) is 0 Å². The van der Waals surface area contributed by atoms with Gasteiger partial charge in [0.2, 0.25) is 0 Å². The van der Waals surface area contributed by atoms with Crippen LogP contribution in [0.1, 0.15) is 22.3 Å². The first-order chi connectivity index (χ1) is 10.5. The second-order valence-corrected chi connectivity index (χ2v) is 5.88. The van der Waals surface area contributed by atoms with Crippen molar-refractivity contribution < 1.29 is 0 Å². The topological polar surface area (TPSA) is 56.7 Å². The first-order valence-electron chi connectivity index (χ1n) is 7.33. The summed E-state index contributed by atoms with van der Waals surface area (Å²) in [5.74, 6) is 0.563. The molecule has 2 aromatic carbocycles. The maximum absolute atomic E-state index is 6.29. The fourth-order valence-corrected chi connectivity index (χ4v) is 2.65. The molecule has 1 heterocycles. The van der Waals surface area contributed by atoms with E-state index in [4.69, 9.17) is 5.73 Å². The summed E-state index contributed by atoms with van der Waals surface area (Å²) < 4.78 is 1.70. The quantitative estimate of drug-likeness (QED) is 0.782. The SMILES string of the molecule is Cc1cc(C)cc(-n2nnc(-c3ccc(C)c(C)c3)c2N)c1. The Morgan fingerprint density at radius 2 is 1.55 bits per heavy atom. The van der Waals surface area contributed by atoms with Crippen molar-refractivity contribution in [1.82, 2.24) is 15.0 Å². The molecular formula is C18H20N4. The van der Waals surface area contributed by atoms with E-state index in [0.29, 0.717) is 5.82 Å². The Labute approximate surface area is 130 Å². The van der Waals surface area contributed by atoms with Crippen LogP contribution in [0.2, 0.25) is 0 Å². The highest BCUT2D eigenvalue weighted by Gasteiger charge is 2.14. The van der Waals surface area contributed by atoms with Crippen molar-refractivity contribution in [2.45, 2.75) is 27.7 Å². The summed E-state index contributed by atoms with van der Waals surface area (Å²) in [5.41, 5.74) is 13.8. The number of nitrogens with zero attached hydrogens (tertiary/aromatic N) is 3. The number of rotatable bonds is 2. The molecule has 3 aromatic rings. The molecule has 0 saturated carbocycles. The van der Waals surface area contributed by atoms with Gasteiger partial charge in [-0.1, -0.05) is 23.4 Å². The van der Waals surface area contributed by atoms with Gasteiger partial charge in [0.05, 0.1) is 5.69 Å². The van der Waals surface area contributed by atoms with Crippen molar-refractivity contribution in [2.75, 3.05) is 5.73 Å². The molecule has 1 aromatic heterocycles. The van der Waals surface area contributed by atoms with E-state index in [1.54, 1.807) is 4.68 Å². The van der Waals surface area contributed by atoms with E-state index in [1.807, 2.05) is 6.07 Å². The van der Waals surface area contributed by atoms with Crippen molar-refractivity contribution >= 4 is 5.82 Å². The molecule has 0 amide bonds. The molecule has 0 aliphatic carbocycles. The van der Waals surface area contributed by atoms with Crippen LogP contribution in [0.4, 0.5) is 5.82 Å². The fraction of sp³-hybridized carbons (Fsp3) is 0.222. The first-order valence-corrected chi connectivity index (χ1v) is 7.33. The summed E-state index contributed by atoms with van der Waals surface area (Å²) in [6.07, 6.45) is 0. The lowest BCUT2D eigenvalue weighted by atomic mass is 10.0. The zero-order valence-corrected chi connectivity index (χ0v) is 13.4. The normalized spacial score (nSPS) is 10.9. The van der Waals surface area contributed by atoms with Gasteiger partial charge in [-0.15, -0.1) is 5.10 Å². The number of anilines is 1. The van der Waals surface area contributed by atoms with Crippen molar-refractivity contribution in [3.63, 3.8) is 0 Å². The molecule has 22 heavy (non-hydrogen) atoms. The Kier molecular flexibility index (Phi) is 3.45. The molecule has 0 aliphatic rings. The minimum absolute atomic E-state index is 0.563. The van der Waals surface area contributed by atoms with Crippen LogP contribution in [0, 0.1) is 27.7 Å². The van der Waals surface area contributed by atoms with E-state index in [2.05, 4.69) is 68.3 Å². The number of benzene rings is 2. The summed E-state index contributed by atoms with van der Waals surface area (Å²) >= 11 is 0. The minimum Gasteiger partial charge on any atom is -0.382 e. The molecule has 4 heteroatoms. The van der Waals surface area contributed by atoms with Crippen LogP contribution in [-0.2, 0) is 0 Å². The number of hydrogen-bond acceptors (Lipinski definition) is 3. The molecule has 3 rings (SSSR count). The average molecular weight is 292 g/mol. The lowest BCUT2D eigenvalue weighted by molar-refractivity contribution is 0.809. The summed E-state index contributed by atoms with van der Waals surface area (Å²) in [5, 5.41) is 8.52. The fourth-order valence-electron chi connectivity index (χ4n) is 2.65. The van der Waals surface area contributed by atoms with Gasteiger partial charge >= 0.3 is 0 Å². The van der Waals surface area contributed by atoms with Crippen LogP contribution in [0.3, 0.4) is 0 Å². The first kappa shape index (κ1) is 14.3. The van der Waals surface area contributed by atoms with Gasteiger partial charge in [0.15, 0.2) is 5.82 Å². The third kappa shape index (κ3) is 2.48. The standard InChI is InChI=1S/C18H20N4/c1-11-7-12(2)9-16(8-11)22-18(19)17(20-21-22)15-6-5-13(3)14(4)10-15/h5-10H,19H2,1-4H3. The summed E-state index contributed by atoms with van der Waals surface area (Å²) in [4.78, 5) is 0. The second-order valence-electron chi connectivity index (χ2n) is 5.88. The zero-order valence-electron chi connectivity index (χ0n) is 13.4. The van der Waals surface area contributed by atoms with Crippen molar-refractivity contribution in [3.8, 4) is 16.9 Å². The van der Waals surface area contributed by atoms with Gasteiger partial charge in [-0.2, -0.15) is 4.68 Å². The van der Waals surface area contributed by atoms with E-state index in [9.17, 15) is 0 Å².